The van der Waals surface area contributed by atoms with Crippen molar-refractivity contribution in [2.45, 2.75) is 32.7 Å². The number of hydrogen-bond donors (Lipinski definition) is 0. The summed E-state index contributed by atoms with van der Waals surface area (Å²) in [6.07, 6.45) is 8.18. The summed E-state index contributed by atoms with van der Waals surface area (Å²) in [6.45, 7) is 5.00. The molecule has 1 aliphatic heterocycles. The van der Waals surface area contributed by atoms with Crippen LogP contribution >= 0.6 is 0 Å². The van der Waals surface area contributed by atoms with E-state index in [1.165, 1.54) is 0 Å². The number of amides is 2. The number of carbonyl (C=O) groups excluding carboxylic acids is 2. The molecule has 0 N–H and O–H groups in total. The molecule has 0 saturated carbocycles. The Morgan fingerprint density at radius 1 is 1.12 bits per heavy atom. The second-order valence-corrected chi connectivity index (χ2v) is 9.37. The van der Waals surface area contributed by atoms with Crippen molar-refractivity contribution in [2.24, 2.45) is 5.41 Å². The second-order valence-electron chi connectivity index (χ2n) is 9.37. The smallest absolute Gasteiger partial charge is 0.257 e. The van der Waals surface area contributed by atoms with Gasteiger partial charge < -0.3 is 9.80 Å². The SMILES string of the molecule is CC(C)n1cc(C(=O)N2CC[C@](Cc3cccc(-c4ccncc4)c3)(C(=O)N(C)C)C2)cn1. The highest BCUT2D eigenvalue weighted by Gasteiger charge is 2.47. The van der Waals surface area contributed by atoms with E-state index < -0.39 is 5.41 Å². The van der Waals surface area contributed by atoms with E-state index in [-0.39, 0.29) is 17.9 Å². The molecule has 2 amide bonds. The zero-order valence-corrected chi connectivity index (χ0v) is 19.7. The van der Waals surface area contributed by atoms with Crippen molar-refractivity contribution in [2.75, 3.05) is 27.2 Å². The van der Waals surface area contributed by atoms with E-state index in [0.29, 0.717) is 31.5 Å². The summed E-state index contributed by atoms with van der Waals surface area (Å²) < 4.78 is 1.78. The number of benzene rings is 1. The Balaban J connectivity index is 1.59. The van der Waals surface area contributed by atoms with Crippen molar-refractivity contribution in [1.29, 1.82) is 0 Å². The average Bonchev–Trinajstić information content (AvgIpc) is 3.48. The Bertz CT molecular complexity index is 1140. The number of carbonyl (C=O) groups is 2. The molecule has 2 aromatic heterocycles. The van der Waals surface area contributed by atoms with Crippen LogP contribution in [0.3, 0.4) is 0 Å². The van der Waals surface area contributed by atoms with Crippen molar-refractivity contribution in [1.82, 2.24) is 24.6 Å². The Morgan fingerprint density at radius 3 is 2.55 bits per heavy atom. The Hall–Kier alpha value is -3.48. The molecule has 0 radical (unpaired) electrons. The summed E-state index contributed by atoms with van der Waals surface area (Å²) in [5.74, 6) is -0.00847. The lowest BCUT2D eigenvalue weighted by Crippen LogP contribution is -2.44. The molecule has 0 aliphatic carbocycles. The third-order valence-electron chi connectivity index (χ3n) is 6.36. The highest BCUT2D eigenvalue weighted by atomic mass is 16.2. The van der Waals surface area contributed by atoms with Gasteiger partial charge in [-0.1, -0.05) is 24.3 Å². The summed E-state index contributed by atoms with van der Waals surface area (Å²) in [6, 6.07) is 12.4. The number of hydrogen-bond acceptors (Lipinski definition) is 4. The van der Waals surface area contributed by atoms with Crippen LogP contribution in [-0.4, -0.2) is 63.6 Å². The molecule has 1 saturated heterocycles. The molecule has 0 spiro atoms. The minimum absolute atomic E-state index is 0.0602. The maximum atomic E-state index is 13.4. The minimum atomic E-state index is -0.649. The number of aromatic nitrogens is 3. The van der Waals surface area contributed by atoms with Crippen molar-refractivity contribution < 1.29 is 9.59 Å². The third kappa shape index (κ3) is 4.67. The van der Waals surface area contributed by atoms with Crippen molar-refractivity contribution in [3.05, 3.63) is 72.3 Å². The molecule has 172 valence electrons. The monoisotopic (exact) mass is 445 g/mol. The van der Waals surface area contributed by atoms with Gasteiger partial charge in [0, 0.05) is 51.8 Å². The van der Waals surface area contributed by atoms with Crippen LogP contribution in [0.1, 0.15) is 42.2 Å². The fourth-order valence-electron chi connectivity index (χ4n) is 4.62. The minimum Gasteiger partial charge on any atom is -0.348 e. The third-order valence-corrected chi connectivity index (χ3v) is 6.36. The van der Waals surface area contributed by atoms with Crippen LogP contribution < -0.4 is 0 Å². The Kier molecular flexibility index (Phi) is 6.31. The predicted octanol–water partition coefficient (Wildman–Crippen LogP) is 3.69. The van der Waals surface area contributed by atoms with Gasteiger partial charge in [0.2, 0.25) is 5.91 Å². The van der Waals surface area contributed by atoms with Gasteiger partial charge in [-0.15, -0.1) is 0 Å². The molecule has 4 rings (SSSR count). The van der Waals surface area contributed by atoms with Crippen LogP contribution in [0.15, 0.2) is 61.2 Å². The maximum absolute atomic E-state index is 13.4. The fourth-order valence-corrected chi connectivity index (χ4v) is 4.62. The zero-order chi connectivity index (χ0) is 23.6. The zero-order valence-electron chi connectivity index (χ0n) is 19.7. The van der Waals surface area contributed by atoms with Crippen LogP contribution in [0.2, 0.25) is 0 Å². The van der Waals surface area contributed by atoms with Crippen molar-refractivity contribution in [3.8, 4) is 11.1 Å². The molecule has 3 aromatic rings. The maximum Gasteiger partial charge on any atom is 0.257 e. The summed E-state index contributed by atoms with van der Waals surface area (Å²) in [5.41, 5.74) is 3.18. The van der Waals surface area contributed by atoms with Gasteiger partial charge in [0.15, 0.2) is 0 Å². The molecule has 1 fully saturated rings. The highest BCUT2D eigenvalue weighted by Crippen LogP contribution is 2.37. The first-order chi connectivity index (χ1) is 15.8. The van der Waals surface area contributed by atoms with Gasteiger partial charge in [-0.2, -0.15) is 5.10 Å². The summed E-state index contributed by atoms with van der Waals surface area (Å²) >= 11 is 0. The van der Waals surface area contributed by atoms with Crippen LogP contribution in [0.25, 0.3) is 11.1 Å². The molecule has 3 heterocycles. The lowest BCUT2D eigenvalue weighted by atomic mass is 9.79. The fraction of sp³-hybridized carbons (Fsp3) is 0.385. The topological polar surface area (TPSA) is 71.3 Å². The van der Waals surface area contributed by atoms with Gasteiger partial charge in [-0.25, -0.2) is 0 Å². The van der Waals surface area contributed by atoms with Gasteiger partial charge in [0.25, 0.3) is 5.91 Å². The van der Waals surface area contributed by atoms with E-state index in [1.54, 1.807) is 53.4 Å². The molecule has 0 bridgehead atoms. The lowest BCUT2D eigenvalue weighted by molar-refractivity contribution is -0.138. The average molecular weight is 446 g/mol. The molecule has 33 heavy (non-hydrogen) atoms. The van der Waals surface area contributed by atoms with E-state index in [2.05, 4.69) is 28.3 Å². The van der Waals surface area contributed by atoms with Gasteiger partial charge in [0.05, 0.1) is 17.2 Å². The lowest BCUT2D eigenvalue weighted by Gasteiger charge is -2.31. The van der Waals surface area contributed by atoms with Gasteiger partial charge in [-0.3, -0.25) is 19.3 Å². The van der Waals surface area contributed by atoms with Crippen LogP contribution in [-0.2, 0) is 11.2 Å². The van der Waals surface area contributed by atoms with Gasteiger partial charge in [-0.05, 0) is 55.5 Å². The molecular formula is C26H31N5O2. The highest BCUT2D eigenvalue weighted by molar-refractivity contribution is 5.95. The van der Waals surface area contributed by atoms with Crippen molar-refractivity contribution >= 4 is 11.8 Å². The van der Waals surface area contributed by atoms with Gasteiger partial charge >= 0.3 is 0 Å². The predicted molar refractivity (Wildman–Crippen MR) is 128 cm³/mol. The number of pyridine rings is 1. The number of rotatable bonds is 6. The van der Waals surface area contributed by atoms with Crippen LogP contribution in [0.4, 0.5) is 0 Å². The van der Waals surface area contributed by atoms with E-state index in [4.69, 9.17) is 0 Å². The number of likely N-dealkylation sites (tertiary alicyclic amines) is 1. The molecule has 1 aromatic carbocycles. The first-order valence-electron chi connectivity index (χ1n) is 11.3. The molecule has 1 aliphatic rings. The molecule has 7 heteroatoms. The summed E-state index contributed by atoms with van der Waals surface area (Å²) in [7, 11) is 3.57. The molecule has 1 atom stereocenters. The summed E-state index contributed by atoms with van der Waals surface area (Å²) in [4.78, 5) is 34.1. The van der Waals surface area contributed by atoms with E-state index in [9.17, 15) is 9.59 Å². The second kappa shape index (κ2) is 9.17. The molecular weight excluding hydrogens is 414 g/mol. The Morgan fingerprint density at radius 2 is 1.88 bits per heavy atom. The van der Waals surface area contributed by atoms with E-state index in [0.717, 1.165) is 16.7 Å². The van der Waals surface area contributed by atoms with E-state index in [1.807, 2.05) is 32.0 Å². The van der Waals surface area contributed by atoms with Crippen LogP contribution in [0.5, 0.6) is 0 Å². The first-order valence-corrected chi connectivity index (χ1v) is 11.3. The molecule has 0 unspecified atom stereocenters. The van der Waals surface area contributed by atoms with Crippen molar-refractivity contribution in [3.63, 3.8) is 0 Å². The summed E-state index contributed by atoms with van der Waals surface area (Å²) in [5, 5.41) is 4.30. The molecule has 7 nitrogen and oxygen atoms in total. The number of nitrogens with zero attached hydrogens (tertiary/aromatic N) is 5. The first kappa shape index (κ1) is 22.7. The Labute approximate surface area is 195 Å². The normalized spacial score (nSPS) is 18.0. The van der Waals surface area contributed by atoms with Crippen LogP contribution in [0, 0.1) is 5.41 Å². The standard InChI is InChI=1S/C26H31N5O2/c1-19(2)31-17-23(16-28-31)24(32)30-13-10-26(18-30,25(33)29(3)4)15-20-6-5-7-22(14-20)21-8-11-27-12-9-21/h5-9,11-12,14,16-17,19H,10,13,15,18H2,1-4H3/t26-/m1/s1. The largest absolute Gasteiger partial charge is 0.348 e. The van der Waals surface area contributed by atoms with Gasteiger partial charge in [0.1, 0.15) is 0 Å². The van der Waals surface area contributed by atoms with E-state index >= 15 is 0 Å². The quantitative estimate of drug-likeness (QED) is 0.580.